The van der Waals surface area contributed by atoms with Crippen LogP contribution in [0.2, 0.25) is 0 Å². The Balaban J connectivity index is 2.16. The summed E-state index contributed by atoms with van der Waals surface area (Å²) in [4.78, 5) is 0. The molecule has 0 radical (unpaired) electrons. The van der Waals surface area contributed by atoms with Crippen molar-refractivity contribution in [2.24, 2.45) is 0 Å². The summed E-state index contributed by atoms with van der Waals surface area (Å²) in [6, 6.07) is 8.47. The van der Waals surface area contributed by atoms with Crippen LogP contribution in [-0.2, 0) is 0 Å². The Bertz CT molecular complexity index is 550. The predicted molar refractivity (Wildman–Crippen MR) is 75.1 cm³/mol. The first-order chi connectivity index (χ1) is 8.58. The molecule has 0 spiro atoms. The van der Waals surface area contributed by atoms with Gasteiger partial charge in [-0.25, -0.2) is 0 Å². The zero-order valence-electron chi connectivity index (χ0n) is 11.0. The first-order valence-corrected chi connectivity index (χ1v) is 6.07. The van der Waals surface area contributed by atoms with E-state index in [-0.39, 0.29) is 0 Å². The largest absolute Gasteiger partial charge is 0.394 e. The summed E-state index contributed by atoms with van der Waals surface area (Å²) < 4.78 is 5.01. The van der Waals surface area contributed by atoms with Gasteiger partial charge in [-0.1, -0.05) is 49.3 Å². The molecule has 94 valence electrons. The van der Waals surface area contributed by atoms with Crippen LogP contribution in [-0.4, -0.2) is 5.16 Å². The second kappa shape index (κ2) is 5.08. The predicted octanol–water partition coefficient (Wildman–Crippen LogP) is 3.86. The highest BCUT2D eigenvalue weighted by Gasteiger charge is 2.05. The number of benzene rings is 1. The van der Waals surface area contributed by atoms with Crippen LogP contribution in [0.15, 0.2) is 28.8 Å². The number of nitrogens with two attached hydrogens (primary N) is 1. The lowest BCUT2D eigenvalue weighted by atomic mass is 10.0. The lowest BCUT2D eigenvalue weighted by Crippen LogP contribution is -1.87. The van der Waals surface area contributed by atoms with E-state index < -0.39 is 0 Å². The molecule has 0 aliphatic rings. The maximum atomic E-state index is 5.82. The number of nitrogen functional groups attached to an aromatic ring is 1. The molecule has 0 aliphatic heterocycles. The SMILES string of the molecule is Cc1onc(/C=C/c2ccc(C(C)C)cc2)c1N. The Labute approximate surface area is 107 Å². The van der Waals surface area contributed by atoms with Gasteiger partial charge in [-0.3, -0.25) is 0 Å². The molecule has 0 atom stereocenters. The maximum absolute atomic E-state index is 5.82. The van der Waals surface area contributed by atoms with Crippen LogP contribution in [0.3, 0.4) is 0 Å². The van der Waals surface area contributed by atoms with E-state index in [1.807, 2.05) is 12.2 Å². The molecule has 2 N–H and O–H groups in total. The fraction of sp³-hybridized carbons (Fsp3) is 0.267. The number of anilines is 1. The third-order valence-electron chi connectivity index (χ3n) is 2.97. The molecule has 3 nitrogen and oxygen atoms in total. The topological polar surface area (TPSA) is 52.0 Å². The zero-order chi connectivity index (χ0) is 13.1. The number of hydrogen-bond acceptors (Lipinski definition) is 3. The summed E-state index contributed by atoms with van der Waals surface area (Å²) in [6.45, 7) is 6.17. The molecule has 0 unspecified atom stereocenters. The molecular weight excluding hydrogens is 224 g/mol. The van der Waals surface area contributed by atoms with E-state index in [1.165, 1.54) is 5.56 Å². The van der Waals surface area contributed by atoms with Gasteiger partial charge < -0.3 is 10.3 Å². The van der Waals surface area contributed by atoms with Crippen LogP contribution in [0.1, 0.15) is 42.3 Å². The number of aromatic nitrogens is 1. The van der Waals surface area contributed by atoms with E-state index in [9.17, 15) is 0 Å². The first kappa shape index (κ1) is 12.4. The average Bonchev–Trinajstić information content (AvgIpc) is 2.68. The zero-order valence-corrected chi connectivity index (χ0v) is 11.0. The fourth-order valence-electron chi connectivity index (χ4n) is 1.68. The Morgan fingerprint density at radius 3 is 2.33 bits per heavy atom. The third kappa shape index (κ3) is 2.62. The second-order valence-corrected chi connectivity index (χ2v) is 4.69. The minimum Gasteiger partial charge on any atom is -0.394 e. The molecule has 1 aromatic carbocycles. The van der Waals surface area contributed by atoms with E-state index in [0.29, 0.717) is 23.1 Å². The molecule has 0 fully saturated rings. The van der Waals surface area contributed by atoms with E-state index >= 15 is 0 Å². The van der Waals surface area contributed by atoms with Crippen molar-refractivity contribution >= 4 is 17.8 Å². The smallest absolute Gasteiger partial charge is 0.157 e. The average molecular weight is 242 g/mol. The molecule has 0 amide bonds. The number of nitrogens with zero attached hydrogens (tertiary/aromatic N) is 1. The molecular formula is C15H18N2O. The van der Waals surface area contributed by atoms with E-state index in [2.05, 4.69) is 43.3 Å². The van der Waals surface area contributed by atoms with Crippen LogP contribution in [0.5, 0.6) is 0 Å². The third-order valence-corrected chi connectivity index (χ3v) is 2.97. The standard InChI is InChI=1S/C15H18N2O/c1-10(2)13-7-4-12(5-8-13)6-9-14-15(16)11(3)18-17-14/h4-10H,16H2,1-3H3/b9-6+. The maximum Gasteiger partial charge on any atom is 0.157 e. The Morgan fingerprint density at radius 2 is 1.83 bits per heavy atom. The first-order valence-electron chi connectivity index (χ1n) is 6.07. The van der Waals surface area contributed by atoms with Gasteiger partial charge in [-0.15, -0.1) is 0 Å². The number of hydrogen-bond donors (Lipinski definition) is 1. The lowest BCUT2D eigenvalue weighted by Gasteiger charge is -2.04. The quantitative estimate of drug-likeness (QED) is 0.889. The summed E-state index contributed by atoms with van der Waals surface area (Å²) in [5.41, 5.74) is 9.57. The minimum atomic E-state index is 0.553. The van der Waals surface area contributed by atoms with Crippen molar-refractivity contribution < 1.29 is 4.52 Å². The van der Waals surface area contributed by atoms with Crippen molar-refractivity contribution in [1.29, 1.82) is 0 Å². The highest BCUT2D eigenvalue weighted by molar-refractivity contribution is 5.73. The van der Waals surface area contributed by atoms with Crippen LogP contribution in [0, 0.1) is 6.92 Å². The van der Waals surface area contributed by atoms with Gasteiger partial charge in [0, 0.05) is 0 Å². The molecule has 1 aromatic heterocycles. The Hall–Kier alpha value is -2.03. The van der Waals surface area contributed by atoms with Crippen LogP contribution in [0.4, 0.5) is 5.69 Å². The van der Waals surface area contributed by atoms with Gasteiger partial charge in [-0.2, -0.15) is 0 Å². The van der Waals surface area contributed by atoms with Crippen LogP contribution < -0.4 is 5.73 Å². The van der Waals surface area contributed by atoms with Crippen molar-refractivity contribution in [3.05, 3.63) is 46.8 Å². The lowest BCUT2D eigenvalue weighted by molar-refractivity contribution is 0.397. The number of rotatable bonds is 3. The molecule has 2 rings (SSSR count). The summed E-state index contributed by atoms with van der Waals surface area (Å²) in [5.74, 6) is 1.21. The number of aryl methyl sites for hydroxylation is 1. The van der Waals surface area contributed by atoms with Gasteiger partial charge in [0.05, 0.1) is 0 Å². The summed E-state index contributed by atoms with van der Waals surface area (Å²) in [6.07, 6.45) is 3.86. The highest BCUT2D eigenvalue weighted by Crippen LogP contribution is 2.19. The van der Waals surface area contributed by atoms with Gasteiger partial charge in [0.1, 0.15) is 11.4 Å². The van der Waals surface area contributed by atoms with Crippen LogP contribution in [0.25, 0.3) is 12.2 Å². The van der Waals surface area contributed by atoms with Crippen molar-refractivity contribution in [1.82, 2.24) is 5.16 Å². The minimum absolute atomic E-state index is 0.553. The van der Waals surface area contributed by atoms with Gasteiger partial charge in [-0.05, 0) is 30.0 Å². The fourth-order valence-corrected chi connectivity index (χ4v) is 1.68. The molecule has 0 bridgehead atoms. The highest BCUT2D eigenvalue weighted by atomic mass is 16.5. The Morgan fingerprint density at radius 1 is 1.17 bits per heavy atom. The van der Waals surface area contributed by atoms with Crippen molar-refractivity contribution in [3.8, 4) is 0 Å². The summed E-state index contributed by atoms with van der Waals surface area (Å²) >= 11 is 0. The van der Waals surface area contributed by atoms with Crippen molar-refractivity contribution in [2.75, 3.05) is 5.73 Å². The molecule has 1 heterocycles. The Kier molecular flexibility index (Phi) is 3.51. The van der Waals surface area contributed by atoms with Crippen molar-refractivity contribution in [3.63, 3.8) is 0 Å². The molecule has 0 saturated heterocycles. The summed E-state index contributed by atoms with van der Waals surface area (Å²) in [7, 11) is 0. The van der Waals surface area contributed by atoms with Crippen molar-refractivity contribution in [2.45, 2.75) is 26.7 Å². The molecule has 0 aliphatic carbocycles. The van der Waals surface area contributed by atoms with Gasteiger partial charge in [0.25, 0.3) is 0 Å². The van der Waals surface area contributed by atoms with E-state index in [4.69, 9.17) is 10.3 Å². The molecule has 0 saturated carbocycles. The molecule has 2 aromatic rings. The van der Waals surface area contributed by atoms with E-state index in [0.717, 1.165) is 5.56 Å². The summed E-state index contributed by atoms with van der Waals surface area (Å²) in [5, 5.41) is 3.89. The van der Waals surface area contributed by atoms with Crippen LogP contribution >= 0.6 is 0 Å². The van der Waals surface area contributed by atoms with Gasteiger partial charge >= 0.3 is 0 Å². The normalized spacial score (nSPS) is 11.6. The van der Waals surface area contributed by atoms with Gasteiger partial charge in [0.15, 0.2) is 5.76 Å². The molecule has 18 heavy (non-hydrogen) atoms. The monoisotopic (exact) mass is 242 g/mol. The second-order valence-electron chi connectivity index (χ2n) is 4.69. The van der Waals surface area contributed by atoms with Gasteiger partial charge in [0.2, 0.25) is 0 Å². The molecule has 3 heteroatoms. The van der Waals surface area contributed by atoms with E-state index in [1.54, 1.807) is 6.92 Å².